The van der Waals surface area contributed by atoms with Crippen LogP contribution in [0, 0.1) is 5.82 Å². The highest BCUT2D eigenvalue weighted by atomic mass is 32.2. The van der Waals surface area contributed by atoms with Crippen LogP contribution in [0.2, 0.25) is 0 Å². The van der Waals surface area contributed by atoms with Gasteiger partial charge in [-0.05, 0) is 47.5 Å². The van der Waals surface area contributed by atoms with Crippen LogP contribution < -0.4 is 29.0 Å². The summed E-state index contributed by atoms with van der Waals surface area (Å²) >= 11 is 1.46. The highest BCUT2D eigenvalue weighted by Gasteiger charge is 2.43. The number of halogens is 1. The number of thioether (sulfide) groups is 1. The number of amides is 2. The Hall–Kier alpha value is -4.12. The van der Waals surface area contributed by atoms with Crippen molar-refractivity contribution in [1.29, 1.82) is 0 Å². The number of nitrogens with one attached hydrogen (secondary N) is 1. The van der Waals surface area contributed by atoms with Crippen molar-refractivity contribution in [3.8, 4) is 28.7 Å². The molecule has 11 heteroatoms. The minimum absolute atomic E-state index is 0.188. The van der Waals surface area contributed by atoms with Crippen molar-refractivity contribution < 1.29 is 37.7 Å². The Kier molecular flexibility index (Phi) is 9.26. The summed E-state index contributed by atoms with van der Waals surface area (Å²) in [5, 5.41) is 2.38. The molecule has 0 radical (unpaired) electrons. The number of hydrogen-bond acceptors (Lipinski definition) is 8. The zero-order valence-electron chi connectivity index (χ0n) is 22.9. The summed E-state index contributed by atoms with van der Waals surface area (Å²) in [4.78, 5) is 29.2. The van der Waals surface area contributed by atoms with Gasteiger partial charge in [-0.25, -0.2) is 4.39 Å². The van der Waals surface area contributed by atoms with E-state index < -0.39 is 17.3 Å². The van der Waals surface area contributed by atoms with Gasteiger partial charge in [-0.1, -0.05) is 18.2 Å². The summed E-state index contributed by atoms with van der Waals surface area (Å²) < 4.78 is 40.5. The van der Waals surface area contributed by atoms with E-state index in [1.807, 2.05) is 6.07 Å². The molecule has 212 valence electrons. The van der Waals surface area contributed by atoms with Gasteiger partial charge in [0.15, 0.2) is 23.0 Å². The van der Waals surface area contributed by atoms with Crippen LogP contribution in [0.4, 0.5) is 4.39 Å². The van der Waals surface area contributed by atoms with Crippen molar-refractivity contribution in [1.82, 2.24) is 10.2 Å². The number of ether oxygens (including phenoxy) is 5. The Morgan fingerprint density at radius 3 is 2.05 bits per heavy atom. The molecule has 1 fully saturated rings. The molecule has 1 heterocycles. The van der Waals surface area contributed by atoms with E-state index >= 15 is 0 Å². The Morgan fingerprint density at radius 2 is 1.48 bits per heavy atom. The lowest BCUT2D eigenvalue weighted by Crippen LogP contribution is -2.47. The molecule has 2 unspecified atom stereocenters. The van der Waals surface area contributed by atoms with Gasteiger partial charge in [-0.3, -0.25) is 9.59 Å². The zero-order valence-corrected chi connectivity index (χ0v) is 23.7. The van der Waals surface area contributed by atoms with Crippen LogP contribution in [0.5, 0.6) is 28.7 Å². The van der Waals surface area contributed by atoms with Crippen LogP contribution in [0.3, 0.4) is 0 Å². The molecule has 9 nitrogen and oxygen atoms in total. The van der Waals surface area contributed by atoms with E-state index in [2.05, 4.69) is 5.32 Å². The van der Waals surface area contributed by atoms with Crippen molar-refractivity contribution in [2.75, 3.05) is 41.3 Å². The van der Waals surface area contributed by atoms with Crippen LogP contribution >= 0.6 is 11.8 Å². The number of carbonyl (C=O) groups is 2. The summed E-state index contributed by atoms with van der Waals surface area (Å²) in [6.45, 7) is 0.188. The quantitative estimate of drug-likeness (QED) is 0.382. The van der Waals surface area contributed by atoms with Crippen molar-refractivity contribution >= 4 is 23.6 Å². The van der Waals surface area contributed by atoms with Crippen LogP contribution in [0.15, 0.2) is 54.6 Å². The molecule has 2 atom stereocenters. The lowest BCUT2D eigenvalue weighted by Gasteiger charge is -2.30. The molecule has 4 rings (SSSR count). The Morgan fingerprint density at radius 1 is 0.850 bits per heavy atom. The summed E-state index contributed by atoms with van der Waals surface area (Å²) in [5.41, 5.74) is 1.76. The predicted octanol–water partition coefficient (Wildman–Crippen LogP) is 4.44. The maximum absolute atomic E-state index is 14.2. The Bertz CT molecular complexity index is 1340. The lowest BCUT2D eigenvalue weighted by molar-refractivity contribution is -0.125. The highest BCUT2D eigenvalue weighted by Crippen LogP contribution is 2.46. The molecule has 40 heavy (non-hydrogen) atoms. The van der Waals surface area contributed by atoms with Crippen molar-refractivity contribution in [2.24, 2.45) is 0 Å². The molecule has 0 spiro atoms. The highest BCUT2D eigenvalue weighted by molar-refractivity contribution is 7.99. The molecule has 0 bridgehead atoms. The first-order valence-electron chi connectivity index (χ1n) is 12.3. The number of benzene rings is 3. The molecule has 0 saturated carbocycles. The second kappa shape index (κ2) is 12.8. The van der Waals surface area contributed by atoms with Gasteiger partial charge in [-0.2, -0.15) is 0 Å². The van der Waals surface area contributed by atoms with Crippen LogP contribution in [0.1, 0.15) is 26.9 Å². The van der Waals surface area contributed by atoms with Gasteiger partial charge >= 0.3 is 0 Å². The van der Waals surface area contributed by atoms with Crippen molar-refractivity contribution in [3.05, 3.63) is 77.1 Å². The molecule has 1 saturated heterocycles. The van der Waals surface area contributed by atoms with Gasteiger partial charge in [0.2, 0.25) is 11.7 Å². The third-order valence-electron chi connectivity index (χ3n) is 6.52. The first kappa shape index (κ1) is 28.9. The van der Waals surface area contributed by atoms with Gasteiger partial charge < -0.3 is 33.9 Å². The smallest absolute Gasteiger partial charge is 0.256 e. The van der Waals surface area contributed by atoms with Crippen LogP contribution in [-0.2, 0) is 11.3 Å². The number of hydrogen-bond donors (Lipinski definition) is 1. The minimum Gasteiger partial charge on any atom is -0.493 e. The van der Waals surface area contributed by atoms with Gasteiger partial charge in [-0.15, -0.1) is 11.8 Å². The summed E-state index contributed by atoms with van der Waals surface area (Å²) in [6.07, 6.45) is 0. The Balaban J connectivity index is 1.71. The topological polar surface area (TPSA) is 95.6 Å². The molecule has 1 aliphatic heterocycles. The van der Waals surface area contributed by atoms with Gasteiger partial charge in [0.05, 0.1) is 35.5 Å². The van der Waals surface area contributed by atoms with E-state index in [0.29, 0.717) is 34.5 Å². The second-order valence-electron chi connectivity index (χ2n) is 8.79. The van der Waals surface area contributed by atoms with E-state index in [1.165, 1.54) is 52.3 Å². The molecule has 0 aliphatic carbocycles. The summed E-state index contributed by atoms with van der Waals surface area (Å²) in [5.74, 6) is 1.30. The maximum atomic E-state index is 14.2. The van der Waals surface area contributed by atoms with E-state index in [9.17, 15) is 14.0 Å². The van der Waals surface area contributed by atoms with Gasteiger partial charge in [0.1, 0.15) is 17.2 Å². The fraction of sp³-hybridized carbons (Fsp3) is 0.310. The van der Waals surface area contributed by atoms with E-state index in [0.717, 1.165) is 11.1 Å². The summed E-state index contributed by atoms with van der Waals surface area (Å²) in [7, 11) is 7.50. The zero-order chi connectivity index (χ0) is 28.8. The Labute approximate surface area is 236 Å². The largest absolute Gasteiger partial charge is 0.493 e. The van der Waals surface area contributed by atoms with Crippen LogP contribution in [0.25, 0.3) is 0 Å². The van der Waals surface area contributed by atoms with Gasteiger partial charge in [0, 0.05) is 17.9 Å². The molecule has 0 aromatic heterocycles. The first-order valence-corrected chi connectivity index (χ1v) is 13.4. The molecule has 1 aliphatic rings. The molecular weight excluding hydrogens is 539 g/mol. The van der Waals surface area contributed by atoms with E-state index in [1.54, 1.807) is 48.4 Å². The van der Waals surface area contributed by atoms with Crippen LogP contribution in [-0.4, -0.2) is 64.1 Å². The van der Waals surface area contributed by atoms with Crippen molar-refractivity contribution in [2.45, 2.75) is 18.0 Å². The first-order chi connectivity index (χ1) is 19.3. The predicted molar refractivity (Wildman–Crippen MR) is 149 cm³/mol. The average Bonchev–Trinajstić information content (AvgIpc) is 3.44. The third-order valence-corrected chi connectivity index (χ3v) is 7.85. The number of carbonyl (C=O) groups excluding carboxylic acids is 2. The van der Waals surface area contributed by atoms with Crippen molar-refractivity contribution in [3.63, 3.8) is 0 Å². The molecule has 1 N–H and O–H groups in total. The number of rotatable bonds is 10. The van der Waals surface area contributed by atoms with E-state index in [-0.39, 0.29) is 23.8 Å². The average molecular weight is 571 g/mol. The molecule has 2 amide bonds. The normalized spacial score (nSPS) is 16.3. The SMILES string of the molecule is COc1ccc(C2SCC(C(=O)NCc3ccc(F)cc3)N2C(=O)c2cc(OC)c(OC)c(OC)c2)cc1OC. The standard InChI is InChI=1S/C29H31FN2O7S/c1-35-22-11-8-18(12-23(22)36-2)29-32(28(34)19-13-24(37-3)26(39-5)25(14-19)38-4)21(16-40-29)27(33)31-15-17-6-9-20(30)10-7-17/h6-14,21,29H,15-16H2,1-5H3,(H,31,33). The number of methoxy groups -OCH3 is 5. The second-order valence-corrected chi connectivity index (χ2v) is 9.90. The minimum atomic E-state index is -0.796. The van der Waals surface area contributed by atoms with E-state index in [4.69, 9.17) is 23.7 Å². The summed E-state index contributed by atoms with van der Waals surface area (Å²) in [6, 6.07) is 13.6. The lowest BCUT2D eigenvalue weighted by atomic mass is 10.1. The molecule has 3 aromatic carbocycles. The van der Waals surface area contributed by atoms with Gasteiger partial charge in [0.25, 0.3) is 5.91 Å². The fourth-order valence-corrected chi connectivity index (χ4v) is 5.90. The maximum Gasteiger partial charge on any atom is 0.256 e. The number of nitrogens with zero attached hydrogens (tertiary/aromatic N) is 1. The third kappa shape index (κ3) is 5.89. The molecule has 3 aromatic rings. The fourth-order valence-electron chi connectivity index (χ4n) is 4.48. The molecular formula is C29H31FN2O7S. The monoisotopic (exact) mass is 570 g/mol.